The fourth-order valence-corrected chi connectivity index (χ4v) is 2.42. The van der Waals surface area contributed by atoms with Crippen molar-refractivity contribution in [2.75, 3.05) is 11.9 Å². The van der Waals surface area contributed by atoms with Crippen LogP contribution in [0.4, 0.5) is 5.69 Å². The van der Waals surface area contributed by atoms with E-state index in [-0.39, 0.29) is 16.2 Å². The molecule has 2 atom stereocenters. The molecule has 1 amide bonds. The molecule has 1 fully saturated rings. The van der Waals surface area contributed by atoms with E-state index in [4.69, 9.17) is 16.7 Å². The van der Waals surface area contributed by atoms with Crippen LogP contribution in [0.5, 0.6) is 0 Å². The Morgan fingerprint density at radius 1 is 1.37 bits per heavy atom. The molecule has 1 heterocycles. The average Bonchev–Trinajstić information content (AvgIpc) is 2.75. The number of alkyl halides is 1. The van der Waals surface area contributed by atoms with Crippen LogP contribution in [-0.4, -0.2) is 32.3 Å². The summed E-state index contributed by atoms with van der Waals surface area (Å²) in [6.07, 6.45) is 0. The monoisotopic (exact) mass is 304 g/mol. The van der Waals surface area contributed by atoms with Crippen LogP contribution in [0.15, 0.2) is 29.2 Å². The first-order valence-corrected chi connectivity index (χ1v) is 7.42. The average molecular weight is 305 g/mol. The molecular weight excluding hydrogens is 292 g/mol. The second kappa shape index (κ2) is 5.43. The molecule has 1 aliphatic heterocycles. The maximum Gasteiger partial charge on any atom is 0.244 e. The van der Waals surface area contributed by atoms with Gasteiger partial charge >= 0.3 is 0 Å². The number of sulfonamides is 1. The molecule has 1 saturated heterocycles. The van der Waals surface area contributed by atoms with Gasteiger partial charge in [-0.25, -0.2) is 19.0 Å². The SMILES string of the molecule is NS(=O)(=O)c1ccc(NC(=O)C2NNCC2Cl)cc1. The van der Waals surface area contributed by atoms with Crippen LogP contribution >= 0.6 is 11.6 Å². The first-order chi connectivity index (χ1) is 8.88. The Morgan fingerprint density at radius 2 is 2.00 bits per heavy atom. The highest BCUT2D eigenvalue weighted by Crippen LogP contribution is 2.14. The number of hydrogen-bond donors (Lipinski definition) is 4. The van der Waals surface area contributed by atoms with Gasteiger partial charge in [0.25, 0.3) is 0 Å². The Labute approximate surface area is 115 Å². The maximum absolute atomic E-state index is 11.9. The molecule has 0 saturated carbocycles. The van der Waals surface area contributed by atoms with Gasteiger partial charge in [-0.1, -0.05) is 0 Å². The molecule has 7 nitrogen and oxygen atoms in total. The van der Waals surface area contributed by atoms with Crippen molar-refractivity contribution < 1.29 is 13.2 Å². The zero-order valence-corrected chi connectivity index (χ0v) is 11.3. The van der Waals surface area contributed by atoms with Crippen molar-refractivity contribution >= 4 is 33.2 Å². The fourth-order valence-electron chi connectivity index (χ4n) is 1.65. The number of nitrogens with two attached hydrogens (primary N) is 1. The van der Waals surface area contributed by atoms with Gasteiger partial charge in [-0.05, 0) is 24.3 Å². The summed E-state index contributed by atoms with van der Waals surface area (Å²) in [5, 5.41) is 7.26. The van der Waals surface area contributed by atoms with E-state index in [9.17, 15) is 13.2 Å². The molecule has 0 spiro atoms. The summed E-state index contributed by atoms with van der Waals surface area (Å²) in [5.74, 6) is -0.298. The summed E-state index contributed by atoms with van der Waals surface area (Å²) < 4.78 is 22.1. The quantitative estimate of drug-likeness (QED) is 0.555. The minimum atomic E-state index is -3.73. The molecule has 0 radical (unpaired) electrons. The predicted molar refractivity (Wildman–Crippen MR) is 71.0 cm³/mol. The summed E-state index contributed by atoms with van der Waals surface area (Å²) in [6, 6.07) is 5.03. The Kier molecular flexibility index (Phi) is 4.07. The smallest absolute Gasteiger partial charge is 0.244 e. The lowest BCUT2D eigenvalue weighted by atomic mass is 10.2. The second-order valence-electron chi connectivity index (χ2n) is 4.08. The second-order valence-corrected chi connectivity index (χ2v) is 6.20. The number of benzene rings is 1. The zero-order chi connectivity index (χ0) is 14.0. The van der Waals surface area contributed by atoms with Crippen molar-refractivity contribution in [1.29, 1.82) is 0 Å². The van der Waals surface area contributed by atoms with Gasteiger partial charge in [0.2, 0.25) is 15.9 Å². The topological polar surface area (TPSA) is 113 Å². The van der Waals surface area contributed by atoms with Crippen molar-refractivity contribution in [3.63, 3.8) is 0 Å². The number of primary sulfonamides is 1. The molecule has 104 valence electrons. The number of hydrazine groups is 1. The lowest BCUT2D eigenvalue weighted by Gasteiger charge is -2.13. The summed E-state index contributed by atoms with van der Waals surface area (Å²) in [7, 11) is -3.73. The highest BCUT2D eigenvalue weighted by atomic mass is 35.5. The molecule has 9 heteroatoms. The van der Waals surface area contributed by atoms with Crippen molar-refractivity contribution in [3.05, 3.63) is 24.3 Å². The number of nitrogens with one attached hydrogen (secondary N) is 3. The predicted octanol–water partition coefficient (Wildman–Crippen LogP) is -0.644. The van der Waals surface area contributed by atoms with Gasteiger partial charge in [-0.15, -0.1) is 11.6 Å². The van der Waals surface area contributed by atoms with Crippen molar-refractivity contribution in [2.24, 2.45) is 5.14 Å². The Bertz CT molecular complexity index is 575. The minimum Gasteiger partial charge on any atom is -0.325 e. The van der Waals surface area contributed by atoms with E-state index in [1.807, 2.05) is 0 Å². The van der Waals surface area contributed by atoms with Crippen molar-refractivity contribution in [2.45, 2.75) is 16.3 Å². The number of halogens is 1. The Morgan fingerprint density at radius 3 is 2.47 bits per heavy atom. The van der Waals surface area contributed by atoms with E-state index in [0.29, 0.717) is 12.2 Å². The summed E-state index contributed by atoms with van der Waals surface area (Å²) in [5.41, 5.74) is 6.00. The van der Waals surface area contributed by atoms with Gasteiger partial charge < -0.3 is 5.32 Å². The van der Waals surface area contributed by atoms with Crippen molar-refractivity contribution in [1.82, 2.24) is 10.9 Å². The van der Waals surface area contributed by atoms with Gasteiger partial charge in [0.15, 0.2) is 0 Å². The molecule has 19 heavy (non-hydrogen) atoms. The van der Waals surface area contributed by atoms with Crippen LogP contribution in [-0.2, 0) is 14.8 Å². The number of hydrogen-bond acceptors (Lipinski definition) is 5. The third kappa shape index (κ3) is 3.43. The summed E-state index contributed by atoms with van der Waals surface area (Å²) >= 11 is 5.94. The standard InChI is InChI=1S/C10H13ClN4O3S/c11-8-5-13-15-9(8)10(16)14-6-1-3-7(4-2-6)19(12,17)18/h1-4,8-9,13,15H,5H2,(H,14,16)(H2,12,17,18). The van der Waals surface area contributed by atoms with Crippen LogP contribution in [0.2, 0.25) is 0 Å². The molecular formula is C10H13ClN4O3S. The van der Waals surface area contributed by atoms with E-state index in [2.05, 4.69) is 16.2 Å². The summed E-state index contributed by atoms with van der Waals surface area (Å²) in [6.45, 7) is 0.490. The van der Waals surface area contributed by atoms with E-state index < -0.39 is 16.1 Å². The van der Waals surface area contributed by atoms with Crippen molar-refractivity contribution in [3.8, 4) is 0 Å². The van der Waals surface area contributed by atoms with Gasteiger partial charge in [-0.3, -0.25) is 10.2 Å². The highest BCUT2D eigenvalue weighted by Gasteiger charge is 2.31. The Balaban J connectivity index is 2.06. The van der Waals surface area contributed by atoms with Crippen LogP contribution in [0.25, 0.3) is 0 Å². The number of amides is 1. The van der Waals surface area contributed by atoms with Crippen LogP contribution < -0.4 is 21.3 Å². The van der Waals surface area contributed by atoms with E-state index in [1.165, 1.54) is 24.3 Å². The van der Waals surface area contributed by atoms with Gasteiger partial charge in [0, 0.05) is 12.2 Å². The molecule has 5 N–H and O–H groups in total. The van der Waals surface area contributed by atoms with Crippen LogP contribution in [0.3, 0.4) is 0 Å². The molecule has 1 aliphatic rings. The number of carbonyl (C=O) groups excluding carboxylic acids is 1. The van der Waals surface area contributed by atoms with Crippen LogP contribution in [0.1, 0.15) is 0 Å². The molecule has 0 bridgehead atoms. The maximum atomic E-state index is 11.9. The number of anilines is 1. The van der Waals surface area contributed by atoms with Crippen LogP contribution in [0, 0.1) is 0 Å². The molecule has 2 rings (SSSR count). The number of rotatable bonds is 3. The molecule has 1 aromatic rings. The van der Waals surface area contributed by atoms with E-state index in [0.717, 1.165) is 0 Å². The van der Waals surface area contributed by atoms with Gasteiger partial charge in [-0.2, -0.15) is 0 Å². The van der Waals surface area contributed by atoms with Gasteiger partial charge in [0.05, 0.1) is 10.3 Å². The first-order valence-electron chi connectivity index (χ1n) is 5.44. The molecule has 0 aliphatic carbocycles. The van der Waals surface area contributed by atoms with E-state index in [1.54, 1.807) is 0 Å². The fraction of sp³-hybridized carbons (Fsp3) is 0.300. The lowest BCUT2D eigenvalue weighted by molar-refractivity contribution is -0.117. The summed E-state index contributed by atoms with van der Waals surface area (Å²) in [4.78, 5) is 11.9. The first kappa shape index (κ1) is 14.2. The molecule has 2 unspecified atom stereocenters. The van der Waals surface area contributed by atoms with E-state index >= 15 is 0 Å². The third-order valence-electron chi connectivity index (χ3n) is 2.65. The Hall–Kier alpha value is -1.19. The van der Waals surface area contributed by atoms with Gasteiger partial charge in [0.1, 0.15) is 6.04 Å². The third-order valence-corrected chi connectivity index (χ3v) is 3.98. The molecule has 1 aromatic carbocycles. The minimum absolute atomic E-state index is 0.0126. The molecule has 0 aromatic heterocycles. The highest BCUT2D eigenvalue weighted by molar-refractivity contribution is 7.89. The number of carbonyl (C=O) groups is 1. The lowest BCUT2D eigenvalue weighted by Crippen LogP contribution is -2.42. The normalized spacial score (nSPS) is 23.3. The zero-order valence-electron chi connectivity index (χ0n) is 9.76. The largest absolute Gasteiger partial charge is 0.325 e.